The number of amides is 1. The van der Waals surface area contributed by atoms with Crippen molar-refractivity contribution in [2.75, 3.05) is 0 Å². The Kier molecular flexibility index (Phi) is 6.62. The molecule has 37 heavy (non-hydrogen) atoms. The fourth-order valence-electron chi connectivity index (χ4n) is 4.75. The number of rotatable bonds is 8. The maximum Gasteiger partial charge on any atom is 0.390 e. The van der Waals surface area contributed by atoms with Gasteiger partial charge in [-0.3, -0.25) is 4.79 Å². The summed E-state index contributed by atoms with van der Waals surface area (Å²) in [4.78, 5) is 18.4. The number of nitrogens with zero attached hydrogens (tertiary/aromatic N) is 6. The minimum atomic E-state index is -4.39. The van der Waals surface area contributed by atoms with Gasteiger partial charge in [0.15, 0.2) is 11.3 Å². The average molecular weight is 527 g/mol. The number of carbonyl (C=O) groups excluding carboxylic acids is 1. The van der Waals surface area contributed by atoms with E-state index in [0.29, 0.717) is 17.3 Å². The van der Waals surface area contributed by atoms with E-state index in [1.54, 1.807) is 16.9 Å². The molecular formula is C23H27F5N8O. The smallest absolute Gasteiger partial charge is 0.342 e. The zero-order chi connectivity index (χ0) is 26.4. The fraction of sp³-hybridized carbons (Fsp3) is 0.609. The average Bonchev–Trinajstić information content (AvgIpc) is 3.42. The van der Waals surface area contributed by atoms with Gasteiger partial charge in [0.2, 0.25) is 5.92 Å². The Morgan fingerprint density at radius 3 is 2.54 bits per heavy atom. The predicted octanol–water partition coefficient (Wildman–Crippen LogP) is 3.98. The van der Waals surface area contributed by atoms with E-state index in [1.807, 2.05) is 6.07 Å². The number of nitrogens with one attached hydrogen (secondary N) is 1. The molecule has 2 fully saturated rings. The lowest BCUT2D eigenvalue weighted by Gasteiger charge is -2.33. The van der Waals surface area contributed by atoms with Crippen LogP contribution in [0.4, 0.5) is 22.0 Å². The molecule has 0 aliphatic heterocycles. The molecule has 14 heteroatoms. The molecule has 3 N–H and O–H groups in total. The van der Waals surface area contributed by atoms with Crippen LogP contribution in [0.5, 0.6) is 0 Å². The van der Waals surface area contributed by atoms with Crippen LogP contribution >= 0.6 is 0 Å². The normalized spacial score (nSPS) is 20.2. The highest BCUT2D eigenvalue weighted by Crippen LogP contribution is 2.42. The summed E-state index contributed by atoms with van der Waals surface area (Å²) in [5.74, 6) is -3.36. The molecule has 200 valence electrons. The van der Waals surface area contributed by atoms with E-state index in [1.165, 1.54) is 0 Å². The molecule has 5 rings (SSSR count). The zero-order valence-corrected chi connectivity index (χ0v) is 19.8. The quantitative estimate of drug-likeness (QED) is 0.429. The molecular weight excluding hydrogens is 499 g/mol. The number of aromatic nitrogens is 6. The summed E-state index contributed by atoms with van der Waals surface area (Å²) in [6.45, 7) is -0.526. The fourth-order valence-corrected chi connectivity index (χ4v) is 4.75. The molecule has 2 aliphatic carbocycles. The van der Waals surface area contributed by atoms with E-state index < -0.39 is 37.0 Å². The first-order valence-electron chi connectivity index (χ1n) is 12.2. The number of hydrogen-bond acceptors (Lipinski definition) is 6. The molecule has 0 spiro atoms. The first-order chi connectivity index (χ1) is 17.5. The van der Waals surface area contributed by atoms with Crippen molar-refractivity contribution < 1.29 is 26.7 Å². The van der Waals surface area contributed by atoms with Gasteiger partial charge in [-0.05, 0) is 49.1 Å². The summed E-state index contributed by atoms with van der Waals surface area (Å²) >= 11 is 0. The van der Waals surface area contributed by atoms with Crippen LogP contribution in [0.1, 0.15) is 78.8 Å². The second kappa shape index (κ2) is 9.62. The molecule has 0 bridgehead atoms. The van der Waals surface area contributed by atoms with Crippen LogP contribution in [0, 0.1) is 11.8 Å². The Bertz CT molecular complexity index is 1260. The minimum Gasteiger partial charge on any atom is -0.342 e. The van der Waals surface area contributed by atoms with E-state index in [4.69, 9.17) is 5.73 Å². The highest BCUT2D eigenvalue weighted by molar-refractivity contribution is 5.92. The third kappa shape index (κ3) is 6.05. The first-order valence-corrected chi connectivity index (χ1v) is 12.2. The lowest BCUT2D eigenvalue weighted by atomic mass is 9.81. The van der Waals surface area contributed by atoms with Crippen LogP contribution in [0.25, 0.3) is 5.65 Å². The number of nitrogens with two attached hydrogens (primary N) is 1. The lowest BCUT2D eigenvalue weighted by molar-refractivity contribution is -0.137. The molecule has 2 saturated carbocycles. The van der Waals surface area contributed by atoms with Gasteiger partial charge in [0.25, 0.3) is 5.91 Å². The van der Waals surface area contributed by atoms with Crippen LogP contribution in [0.15, 0.2) is 24.7 Å². The van der Waals surface area contributed by atoms with Gasteiger partial charge < -0.3 is 11.1 Å². The number of halogens is 5. The van der Waals surface area contributed by atoms with Crippen molar-refractivity contribution >= 4 is 11.6 Å². The number of fused-ring (bicyclic) bond motifs is 1. The lowest BCUT2D eigenvalue weighted by Crippen LogP contribution is -2.37. The molecule has 1 unspecified atom stereocenters. The second-order valence-corrected chi connectivity index (χ2v) is 9.96. The molecule has 3 heterocycles. The van der Waals surface area contributed by atoms with E-state index in [0.717, 1.165) is 29.4 Å². The third-order valence-electron chi connectivity index (χ3n) is 7.08. The van der Waals surface area contributed by atoms with E-state index in [2.05, 4.69) is 25.6 Å². The SMILES string of the molecule is NC(c1cnn2cc([C@@H](NC(=O)c3cnn(CCC(F)(F)F)n3)C3CCC(F)(F)CC3)nc2c1)C1CC1. The van der Waals surface area contributed by atoms with Crippen molar-refractivity contribution in [3.05, 3.63) is 41.6 Å². The number of alkyl halides is 5. The van der Waals surface area contributed by atoms with Crippen LogP contribution in [0.3, 0.4) is 0 Å². The summed E-state index contributed by atoms with van der Waals surface area (Å²) in [6.07, 6.45) is 0.689. The Hall–Kier alpha value is -3.16. The molecule has 0 saturated heterocycles. The molecule has 3 aromatic rings. The van der Waals surface area contributed by atoms with Crippen molar-refractivity contribution in [3.63, 3.8) is 0 Å². The number of hydrogen-bond donors (Lipinski definition) is 2. The van der Waals surface area contributed by atoms with E-state index >= 15 is 0 Å². The van der Waals surface area contributed by atoms with Crippen LogP contribution in [0.2, 0.25) is 0 Å². The van der Waals surface area contributed by atoms with E-state index in [-0.39, 0.29) is 43.3 Å². The van der Waals surface area contributed by atoms with Gasteiger partial charge in [-0.15, -0.1) is 5.10 Å². The molecule has 9 nitrogen and oxygen atoms in total. The summed E-state index contributed by atoms with van der Waals surface area (Å²) in [7, 11) is 0. The summed E-state index contributed by atoms with van der Waals surface area (Å²) in [5, 5.41) is 14.8. The molecule has 0 radical (unpaired) electrons. The van der Waals surface area contributed by atoms with Crippen LogP contribution in [-0.4, -0.2) is 47.6 Å². The van der Waals surface area contributed by atoms with Crippen LogP contribution < -0.4 is 11.1 Å². The molecule has 2 aliphatic rings. The number of imidazole rings is 1. The van der Waals surface area contributed by atoms with Gasteiger partial charge in [0.1, 0.15) is 0 Å². The predicted molar refractivity (Wildman–Crippen MR) is 120 cm³/mol. The Balaban J connectivity index is 1.38. The van der Waals surface area contributed by atoms with Crippen molar-refractivity contribution in [2.24, 2.45) is 17.6 Å². The van der Waals surface area contributed by atoms with Gasteiger partial charge in [0.05, 0.1) is 43.3 Å². The summed E-state index contributed by atoms with van der Waals surface area (Å²) in [6, 6.07) is 0.958. The maximum atomic E-state index is 13.9. The van der Waals surface area contributed by atoms with E-state index in [9.17, 15) is 26.7 Å². The Morgan fingerprint density at radius 2 is 1.86 bits per heavy atom. The second-order valence-electron chi connectivity index (χ2n) is 9.96. The molecule has 3 aromatic heterocycles. The van der Waals surface area contributed by atoms with Gasteiger partial charge in [-0.25, -0.2) is 18.3 Å². The maximum absolute atomic E-state index is 13.9. The third-order valence-corrected chi connectivity index (χ3v) is 7.08. The number of carbonyl (C=O) groups is 1. The highest BCUT2D eigenvalue weighted by atomic mass is 19.4. The molecule has 2 atom stereocenters. The Morgan fingerprint density at radius 1 is 1.14 bits per heavy atom. The van der Waals surface area contributed by atoms with Gasteiger partial charge in [0, 0.05) is 18.9 Å². The topological polar surface area (TPSA) is 116 Å². The van der Waals surface area contributed by atoms with Crippen molar-refractivity contribution in [2.45, 2.75) is 75.7 Å². The molecule has 0 aromatic carbocycles. The highest BCUT2D eigenvalue weighted by Gasteiger charge is 2.39. The Labute approximate surface area is 208 Å². The summed E-state index contributed by atoms with van der Waals surface area (Å²) < 4.78 is 66.8. The summed E-state index contributed by atoms with van der Waals surface area (Å²) in [5.41, 5.74) is 7.93. The monoisotopic (exact) mass is 526 g/mol. The van der Waals surface area contributed by atoms with Gasteiger partial charge in [-0.1, -0.05) is 0 Å². The number of aryl methyl sites for hydroxylation is 1. The molecule has 1 amide bonds. The standard InChI is InChI=1S/C23H27F5N8O/c24-22(25)5-3-14(4-6-22)20(33-21(37)16-11-31-36(34-16)8-7-23(26,27)28)17-12-35-18(32-17)9-15(10-30-35)19(29)13-1-2-13/h9-14,19-20H,1-8,29H2,(H,33,37)/t19?,20-/m0/s1. The van der Waals surface area contributed by atoms with Crippen molar-refractivity contribution in [3.8, 4) is 0 Å². The van der Waals surface area contributed by atoms with Gasteiger partial charge in [-0.2, -0.15) is 28.2 Å². The first kappa shape index (κ1) is 25.5. The minimum absolute atomic E-state index is 0.145. The zero-order valence-electron chi connectivity index (χ0n) is 19.8. The van der Waals surface area contributed by atoms with Crippen molar-refractivity contribution in [1.82, 2.24) is 34.9 Å². The van der Waals surface area contributed by atoms with Crippen molar-refractivity contribution in [1.29, 1.82) is 0 Å². The van der Waals surface area contributed by atoms with Gasteiger partial charge >= 0.3 is 6.18 Å². The van der Waals surface area contributed by atoms with Crippen LogP contribution in [-0.2, 0) is 6.54 Å². The largest absolute Gasteiger partial charge is 0.390 e.